The van der Waals surface area contributed by atoms with Crippen LogP contribution in [0.1, 0.15) is 37.3 Å². The number of likely N-dealkylation sites (tertiary alicyclic amines) is 2. The minimum absolute atomic E-state index is 0.354. The van der Waals surface area contributed by atoms with Gasteiger partial charge in [0.25, 0.3) is 0 Å². The molecular weight excluding hydrogens is 248 g/mol. The van der Waals surface area contributed by atoms with E-state index in [1.807, 2.05) is 12.4 Å². The van der Waals surface area contributed by atoms with E-state index in [1.54, 1.807) is 0 Å². The van der Waals surface area contributed by atoms with Gasteiger partial charge in [-0.15, -0.1) is 0 Å². The van der Waals surface area contributed by atoms with Crippen molar-refractivity contribution in [2.45, 2.75) is 37.8 Å². The van der Waals surface area contributed by atoms with Crippen molar-refractivity contribution in [3.05, 3.63) is 30.1 Å². The molecule has 2 aliphatic heterocycles. The second kappa shape index (κ2) is 6.66. The Bertz CT molecular complexity index is 402. The SMILES string of the molecule is NCC(c1ccncc1)N1CCC(N2CCCCC2)C1. The first-order valence-electron chi connectivity index (χ1n) is 7.96. The number of pyridine rings is 1. The van der Waals surface area contributed by atoms with Gasteiger partial charge in [-0.1, -0.05) is 6.42 Å². The van der Waals surface area contributed by atoms with E-state index in [0.717, 1.165) is 6.04 Å². The minimum atomic E-state index is 0.354. The van der Waals surface area contributed by atoms with Crippen LogP contribution in [0.2, 0.25) is 0 Å². The fraction of sp³-hybridized carbons (Fsp3) is 0.688. The molecule has 2 atom stereocenters. The van der Waals surface area contributed by atoms with Gasteiger partial charge in [-0.25, -0.2) is 0 Å². The van der Waals surface area contributed by atoms with Crippen LogP contribution < -0.4 is 5.73 Å². The Morgan fingerprint density at radius 1 is 1.15 bits per heavy atom. The van der Waals surface area contributed by atoms with Crippen molar-refractivity contribution in [2.75, 3.05) is 32.7 Å². The average molecular weight is 274 g/mol. The van der Waals surface area contributed by atoms with Crippen molar-refractivity contribution < 1.29 is 0 Å². The molecular formula is C16H26N4. The number of hydrogen-bond donors (Lipinski definition) is 1. The number of nitrogens with zero attached hydrogens (tertiary/aromatic N) is 3. The average Bonchev–Trinajstić information content (AvgIpc) is 3.00. The number of nitrogens with two attached hydrogens (primary N) is 1. The van der Waals surface area contributed by atoms with E-state index in [1.165, 1.54) is 57.4 Å². The molecule has 3 heterocycles. The summed E-state index contributed by atoms with van der Waals surface area (Å²) in [5.41, 5.74) is 7.34. The summed E-state index contributed by atoms with van der Waals surface area (Å²) in [4.78, 5) is 9.37. The zero-order valence-corrected chi connectivity index (χ0v) is 12.2. The number of rotatable bonds is 4. The van der Waals surface area contributed by atoms with Crippen LogP contribution in [0.15, 0.2) is 24.5 Å². The molecule has 0 bridgehead atoms. The maximum absolute atomic E-state index is 6.03. The highest BCUT2D eigenvalue weighted by Gasteiger charge is 2.32. The Morgan fingerprint density at radius 2 is 1.90 bits per heavy atom. The Balaban J connectivity index is 1.63. The van der Waals surface area contributed by atoms with Crippen LogP contribution in [0, 0.1) is 0 Å². The van der Waals surface area contributed by atoms with Gasteiger partial charge in [-0.05, 0) is 50.0 Å². The summed E-state index contributed by atoms with van der Waals surface area (Å²) in [5, 5.41) is 0. The lowest BCUT2D eigenvalue weighted by atomic mass is 10.1. The third-order valence-electron chi connectivity index (χ3n) is 4.86. The van der Waals surface area contributed by atoms with Crippen LogP contribution in [0.5, 0.6) is 0 Å². The number of piperidine rings is 1. The van der Waals surface area contributed by atoms with Gasteiger partial charge in [0.15, 0.2) is 0 Å². The van der Waals surface area contributed by atoms with Crippen LogP contribution in [0.4, 0.5) is 0 Å². The van der Waals surface area contributed by atoms with E-state index in [0.29, 0.717) is 12.6 Å². The van der Waals surface area contributed by atoms with E-state index < -0.39 is 0 Å². The Labute approximate surface area is 122 Å². The molecule has 2 fully saturated rings. The second-order valence-corrected chi connectivity index (χ2v) is 6.07. The van der Waals surface area contributed by atoms with Crippen LogP contribution in [0.3, 0.4) is 0 Å². The summed E-state index contributed by atoms with van der Waals surface area (Å²) >= 11 is 0. The first-order chi connectivity index (χ1) is 9.88. The van der Waals surface area contributed by atoms with Gasteiger partial charge in [0.2, 0.25) is 0 Å². The maximum Gasteiger partial charge on any atom is 0.0472 e. The molecule has 0 spiro atoms. The molecule has 0 saturated carbocycles. The largest absolute Gasteiger partial charge is 0.329 e. The van der Waals surface area contributed by atoms with Crippen LogP contribution in [0.25, 0.3) is 0 Å². The lowest BCUT2D eigenvalue weighted by Gasteiger charge is -2.33. The lowest BCUT2D eigenvalue weighted by Crippen LogP contribution is -2.42. The molecule has 2 unspecified atom stereocenters. The van der Waals surface area contributed by atoms with Gasteiger partial charge in [0.05, 0.1) is 0 Å². The molecule has 0 radical (unpaired) electrons. The van der Waals surface area contributed by atoms with Crippen LogP contribution in [-0.2, 0) is 0 Å². The molecule has 20 heavy (non-hydrogen) atoms. The molecule has 1 aromatic rings. The molecule has 4 heteroatoms. The molecule has 0 aromatic carbocycles. The molecule has 4 nitrogen and oxygen atoms in total. The van der Waals surface area contributed by atoms with Crippen LogP contribution in [-0.4, -0.2) is 53.5 Å². The summed E-state index contributed by atoms with van der Waals surface area (Å²) in [6, 6.07) is 5.30. The molecule has 110 valence electrons. The first kappa shape index (κ1) is 14.0. The van der Waals surface area contributed by atoms with Crippen molar-refractivity contribution in [1.82, 2.24) is 14.8 Å². The summed E-state index contributed by atoms with van der Waals surface area (Å²) in [5.74, 6) is 0. The predicted molar refractivity (Wildman–Crippen MR) is 81.4 cm³/mol. The van der Waals surface area contributed by atoms with Crippen molar-refractivity contribution in [3.8, 4) is 0 Å². The Morgan fingerprint density at radius 3 is 2.60 bits per heavy atom. The third kappa shape index (κ3) is 3.03. The molecule has 0 amide bonds. The normalized spacial score (nSPS) is 26.8. The van der Waals surface area contributed by atoms with E-state index in [4.69, 9.17) is 5.73 Å². The summed E-state index contributed by atoms with van der Waals surface area (Å²) < 4.78 is 0. The molecule has 1 aromatic heterocycles. The van der Waals surface area contributed by atoms with Crippen LogP contribution >= 0.6 is 0 Å². The zero-order valence-electron chi connectivity index (χ0n) is 12.2. The van der Waals surface area contributed by atoms with Crippen molar-refractivity contribution in [3.63, 3.8) is 0 Å². The Kier molecular flexibility index (Phi) is 4.65. The summed E-state index contributed by atoms with van der Waals surface area (Å²) in [6.07, 6.45) is 9.20. The molecule has 0 aliphatic carbocycles. The maximum atomic E-state index is 6.03. The molecule has 2 aliphatic rings. The second-order valence-electron chi connectivity index (χ2n) is 6.07. The van der Waals surface area contributed by atoms with E-state index in [9.17, 15) is 0 Å². The fourth-order valence-corrected chi connectivity index (χ4v) is 3.71. The zero-order chi connectivity index (χ0) is 13.8. The van der Waals surface area contributed by atoms with Crippen molar-refractivity contribution in [1.29, 1.82) is 0 Å². The minimum Gasteiger partial charge on any atom is -0.329 e. The van der Waals surface area contributed by atoms with Gasteiger partial charge >= 0.3 is 0 Å². The summed E-state index contributed by atoms with van der Waals surface area (Å²) in [6.45, 7) is 5.62. The van der Waals surface area contributed by atoms with E-state index >= 15 is 0 Å². The standard InChI is InChI=1S/C16H26N4/c17-12-16(14-4-7-18-8-5-14)20-11-6-15(13-20)19-9-2-1-3-10-19/h4-5,7-8,15-16H,1-3,6,9-13,17H2. The highest BCUT2D eigenvalue weighted by Crippen LogP contribution is 2.27. The predicted octanol–water partition coefficient (Wildman–Crippen LogP) is 1.64. The molecule has 3 rings (SSSR count). The lowest BCUT2D eigenvalue weighted by molar-refractivity contribution is 0.153. The molecule has 2 saturated heterocycles. The number of aromatic nitrogens is 1. The van der Waals surface area contributed by atoms with Gasteiger partial charge < -0.3 is 5.73 Å². The topological polar surface area (TPSA) is 45.4 Å². The van der Waals surface area contributed by atoms with Gasteiger partial charge in [0, 0.05) is 44.1 Å². The van der Waals surface area contributed by atoms with Crippen molar-refractivity contribution >= 4 is 0 Å². The third-order valence-corrected chi connectivity index (χ3v) is 4.86. The fourth-order valence-electron chi connectivity index (χ4n) is 3.71. The van der Waals surface area contributed by atoms with Gasteiger partial charge in [-0.3, -0.25) is 14.8 Å². The van der Waals surface area contributed by atoms with Crippen molar-refractivity contribution in [2.24, 2.45) is 5.73 Å². The quantitative estimate of drug-likeness (QED) is 0.906. The van der Waals surface area contributed by atoms with Gasteiger partial charge in [0.1, 0.15) is 0 Å². The van der Waals surface area contributed by atoms with E-state index in [-0.39, 0.29) is 0 Å². The highest BCUT2D eigenvalue weighted by atomic mass is 15.3. The molecule has 2 N–H and O–H groups in total. The Hall–Kier alpha value is -0.970. The monoisotopic (exact) mass is 274 g/mol. The van der Waals surface area contributed by atoms with Gasteiger partial charge in [-0.2, -0.15) is 0 Å². The highest BCUT2D eigenvalue weighted by molar-refractivity contribution is 5.16. The number of hydrogen-bond acceptors (Lipinski definition) is 4. The summed E-state index contributed by atoms with van der Waals surface area (Å²) in [7, 11) is 0. The first-order valence-corrected chi connectivity index (χ1v) is 7.96. The van der Waals surface area contributed by atoms with E-state index in [2.05, 4.69) is 26.9 Å². The smallest absolute Gasteiger partial charge is 0.0472 e.